The summed E-state index contributed by atoms with van der Waals surface area (Å²) in [7, 11) is 0. The molecule has 13 heavy (non-hydrogen) atoms. The van der Waals surface area contributed by atoms with E-state index in [4.69, 9.17) is 18.0 Å². The number of hydrogen-bond acceptors (Lipinski definition) is 2. The first-order valence-corrected chi connectivity index (χ1v) is 5.02. The summed E-state index contributed by atoms with van der Waals surface area (Å²) in [6.45, 7) is 4.64. The second-order valence-electron chi connectivity index (χ2n) is 3.82. The molecule has 0 spiro atoms. The topological polar surface area (TPSA) is 55.1 Å². The van der Waals surface area contributed by atoms with Crippen molar-refractivity contribution in [1.82, 2.24) is 5.32 Å². The average Bonchev–Trinajstić information content (AvgIpc) is 1.98. The zero-order valence-corrected chi connectivity index (χ0v) is 8.91. The first-order chi connectivity index (χ1) is 6.03. The Morgan fingerprint density at radius 3 is 2.54 bits per heavy atom. The highest BCUT2D eigenvalue weighted by molar-refractivity contribution is 7.80. The van der Waals surface area contributed by atoms with Crippen LogP contribution in [0.25, 0.3) is 0 Å². The maximum Gasteiger partial charge on any atom is 0.233 e. The smallest absolute Gasteiger partial charge is 0.233 e. The third-order valence-electron chi connectivity index (χ3n) is 2.64. The van der Waals surface area contributed by atoms with Crippen molar-refractivity contribution in [3.63, 3.8) is 0 Å². The van der Waals surface area contributed by atoms with E-state index in [1.54, 1.807) is 0 Å². The minimum absolute atomic E-state index is 0.000556. The molecule has 1 rings (SSSR count). The van der Waals surface area contributed by atoms with Crippen molar-refractivity contribution < 1.29 is 4.79 Å². The largest absolute Gasteiger partial charge is 0.392 e. The Labute approximate surface area is 84.1 Å². The van der Waals surface area contributed by atoms with E-state index in [1.165, 1.54) is 0 Å². The highest BCUT2D eigenvalue weighted by atomic mass is 32.1. The van der Waals surface area contributed by atoms with Crippen LogP contribution in [0.4, 0.5) is 0 Å². The maximum atomic E-state index is 11.7. The standard InChI is InChI=1S/C9H16N2OS/c1-3-11-8(12)9(7(10)13)4-6(2)5-9/h6H,3-5H2,1-2H3,(H2,10,13)(H,11,12). The number of carbonyl (C=O) groups excluding carboxylic acids is 1. The third kappa shape index (κ3) is 1.68. The zero-order valence-electron chi connectivity index (χ0n) is 8.09. The van der Waals surface area contributed by atoms with Gasteiger partial charge in [-0.15, -0.1) is 0 Å². The molecular weight excluding hydrogens is 184 g/mol. The number of hydrogen-bond donors (Lipinski definition) is 2. The fourth-order valence-corrected chi connectivity index (χ4v) is 2.22. The predicted octanol–water partition coefficient (Wildman–Crippen LogP) is 0.825. The van der Waals surface area contributed by atoms with Crippen LogP contribution < -0.4 is 11.1 Å². The summed E-state index contributed by atoms with van der Waals surface area (Å²) in [4.78, 5) is 12.0. The molecule has 0 saturated heterocycles. The van der Waals surface area contributed by atoms with E-state index in [2.05, 4.69) is 12.2 Å². The number of amides is 1. The molecular formula is C9H16N2OS. The molecule has 1 saturated carbocycles. The van der Waals surface area contributed by atoms with Gasteiger partial charge in [-0.1, -0.05) is 19.1 Å². The van der Waals surface area contributed by atoms with Gasteiger partial charge in [-0.2, -0.15) is 0 Å². The molecule has 0 bridgehead atoms. The normalized spacial score (nSPS) is 32.0. The molecule has 1 amide bonds. The predicted molar refractivity (Wildman–Crippen MR) is 56.3 cm³/mol. The summed E-state index contributed by atoms with van der Waals surface area (Å²) in [5.41, 5.74) is 5.06. The Balaban J connectivity index is 2.70. The zero-order chi connectivity index (χ0) is 10.1. The summed E-state index contributed by atoms with van der Waals surface area (Å²) >= 11 is 4.94. The van der Waals surface area contributed by atoms with E-state index in [0.29, 0.717) is 17.5 Å². The highest BCUT2D eigenvalue weighted by Gasteiger charge is 2.50. The lowest BCUT2D eigenvalue weighted by Gasteiger charge is -2.44. The minimum atomic E-state index is -0.537. The summed E-state index contributed by atoms with van der Waals surface area (Å²) in [5.74, 6) is 0.560. The van der Waals surface area contributed by atoms with Gasteiger partial charge in [-0.05, 0) is 25.7 Å². The Kier molecular flexibility index (Phi) is 2.91. The number of nitrogens with two attached hydrogens (primary N) is 1. The van der Waals surface area contributed by atoms with Gasteiger partial charge in [0, 0.05) is 6.54 Å². The highest BCUT2D eigenvalue weighted by Crippen LogP contribution is 2.45. The molecule has 74 valence electrons. The minimum Gasteiger partial charge on any atom is -0.392 e. The summed E-state index contributed by atoms with van der Waals surface area (Å²) in [6.07, 6.45) is 1.60. The SMILES string of the molecule is CCNC(=O)C1(C(N)=S)CC(C)C1. The van der Waals surface area contributed by atoms with Crippen molar-refractivity contribution in [3.8, 4) is 0 Å². The Bertz CT molecular complexity index is 234. The van der Waals surface area contributed by atoms with Gasteiger partial charge in [0.05, 0.1) is 10.4 Å². The van der Waals surface area contributed by atoms with Gasteiger partial charge in [0.1, 0.15) is 0 Å². The van der Waals surface area contributed by atoms with Crippen molar-refractivity contribution in [1.29, 1.82) is 0 Å². The van der Waals surface area contributed by atoms with Crippen LogP contribution in [0.2, 0.25) is 0 Å². The molecule has 3 nitrogen and oxygen atoms in total. The van der Waals surface area contributed by atoms with E-state index in [9.17, 15) is 4.79 Å². The molecule has 3 N–H and O–H groups in total. The summed E-state index contributed by atoms with van der Waals surface area (Å²) < 4.78 is 0. The maximum absolute atomic E-state index is 11.7. The van der Waals surface area contributed by atoms with E-state index >= 15 is 0 Å². The van der Waals surface area contributed by atoms with Crippen molar-refractivity contribution >= 4 is 23.1 Å². The molecule has 1 fully saturated rings. The van der Waals surface area contributed by atoms with Crippen LogP contribution in [-0.2, 0) is 4.79 Å². The number of thiocarbonyl (C=S) groups is 1. The number of nitrogens with one attached hydrogen (secondary N) is 1. The van der Waals surface area contributed by atoms with Crippen molar-refractivity contribution in [2.45, 2.75) is 26.7 Å². The van der Waals surface area contributed by atoms with Crippen LogP contribution >= 0.6 is 12.2 Å². The van der Waals surface area contributed by atoms with Crippen molar-refractivity contribution in [2.24, 2.45) is 17.1 Å². The van der Waals surface area contributed by atoms with Crippen LogP contribution in [-0.4, -0.2) is 17.4 Å². The van der Waals surface area contributed by atoms with Gasteiger partial charge in [-0.25, -0.2) is 0 Å². The first-order valence-electron chi connectivity index (χ1n) is 4.61. The Hall–Kier alpha value is -0.640. The van der Waals surface area contributed by atoms with E-state index in [-0.39, 0.29) is 5.91 Å². The van der Waals surface area contributed by atoms with Gasteiger partial charge in [0.2, 0.25) is 5.91 Å². The van der Waals surface area contributed by atoms with E-state index < -0.39 is 5.41 Å². The van der Waals surface area contributed by atoms with Crippen LogP contribution in [0.15, 0.2) is 0 Å². The second-order valence-corrected chi connectivity index (χ2v) is 4.26. The van der Waals surface area contributed by atoms with Gasteiger partial charge in [-0.3, -0.25) is 4.79 Å². The monoisotopic (exact) mass is 200 g/mol. The quantitative estimate of drug-likeness (QED) is 0.663. The first kappa shape index (κ1) is 10.4. The number of rotatable bonds is 3. The van der Waals surface area contributed by atoms with Crippen LogP contribution in [0, 0.1) is 11.3 Å². The van der Waals surface area contributed by atoms with Crippen LogP contribution in [0.1, 0.15) is 26.7 Å². The molecule has 1 aliphatic rings. The summed E-state index contributed by atoms with van der Waals surface area (Å²) in [5, 5.41) is 2.78. The third-order valence-corrected chi connectivity index (χ3v) is 3.03. The number of carbonyl (C=O) groups is 1. The van der Waals surface area contributed by atoms with Crippen LogP contribution in [0.5, 0.6) is 0 Å². The Morgan fingerprint density at radius 1 is 1.69 bits per heavy atom. The molecule has 0 aromatic rings. The molecule has 0 radical (unpaired) electrons. The molecule has 0 aromatic heterocycles. The fraction of sp³-hybridized carbons (Fsp3) is 0.778. The molecule has 0 heterocycles. The van der Waals surface area contributed by atoms with Crippen molar-refractivity contribution in [2.75, 3.05) is 6.54 Å². The van der Waals surface area contributed by atoms with Gasteiger partial charge in [0.15, 0.2) is 0 Å². The summed E-state index contributed by atoms with van der Waals surface area (Å²) in [6, 6.07) is 0. The van der Waals surface area contributed by atoms with Gasteiger partial charge in [0.25, 0.3) is 0 Å². The van der Waals surface area contributed by atoms with Crippen molar-refractivity contribution in [3.05, 3.63) is 0 Å². The molecule has 0 unspecified atom stereocenters. The second kappa shape index (κ2) is 3.62. The lowest BCUT2D eigenvalue weighted by atomic mass is 9.62. The van der Waals surface area contributed by atoms with Gasteiger partial charge >= 0.3 is 0 Å². The average molecular weight is 200 g/mol. The Morgan fingerprint density at radius 2 is 2.23 bits per heavy atom. The van der Waals surface area contributed by atoms with E-state index in [1.807, 2.05) is 6.92 Å². The fourth-order valence-electron chi connectivity index (χ4n) is 1.96. The van der Waals surface area contributed by atoms with E-state index in [0.717, 1.165) is 12.8 Å². The van der Waals surface area contributed by atoms with Gasteiger partial charge < -0.3 is 11.1 Å². The van der Waals surface area contributed by atoms with Crippen LogP contribution in [0.3, 0.4) is 0 Å². The lowest BCUT2D eigenvalue weighted by Crippen LogP contribution is -2.55. The molecule has 0 aliphatic heterocycles. The molecule has 0 atom stereocenters. The lowest BCUT2D eigenvalue weighted by molar-refractivity contribution is -0.132. The molecule has 1 aliphatic carbocycles. The molecule has 4 heteroatoms. The molecule has 0 aromatic carbocycles.